The predicted molar refractivity (Wildman–Crippen MR) is 92.8 cm³/mol. The van der Waals surface area contributed by atoms with Crippen LogP contribution in [0.5, 0.6) is 0 Å². The van der Waals surface area contributed by atoms with Crippen molar-refractivity contribution >= 4 is 11.9 Å². The molecule has 4 nitrogen and oxygen atoms in total. The average molecular weight is 318 g/mol. The van der Waals surface area contributed by atoms with E-state index in [1.54, 1.807) is 32.9 Å². The van der Waals surface area contributed by atoms with E-state index in [-0.39, 0.29) is 11.9 Å². The third kappa shape index (κ3) is 10.9. The Kier molecular flexibility index (Phi) is 11.0. The minimum atomic E-state index is -0.348. The fourth-order valence-corrected chi connectivity index (χ4v) is 1.55. The zero-order valence-electron chi connectivity index (χ0n) is 14.6. The highest BCUT2D eigenvalue weighted by Gasteiger charge is 2.03. The summed E-state index contributed by atoms with van der Waals surface area (Å²) < 4.78 is 9.72. The molecule has 0 fully saturated rings. The number of esters is 2. The fraction of sp³-hybridized carbons (Fsp3) is 0.368. The number of ether oxygens (including phenoxy) is 2. The minimum absolute atomic E-state index is 0.302. The van der Waals surface area contributed by atoms with Crippen LogP contribution < -0.4 is 0 Å². The molecule has 0 saturated heterocycles. The van der Waals surface area contributed by atoms with Crippen LogP contribution in [-0.4, -0.2) is 25.2 Å². The number of allylic oxidation sites excluding steroid dienone is 8. The van der Waals surface area contributed by atoms with Crippen molar-refractivity contribution in [1.82, 2.24) is 0 Å². The third-order valence-corrected chi connectivity index (χ3v) is 2.64. The molecule has 126 valence electrons. The standard InChI is InChI=1S/C19H26O4/c1-6-22-18(20)13-12-15(3)10-8-9-11-16(4)14-17(5)19(21)23-7-2/h8-14H,6-7H2,1-5H3/b9-8+,13-12+,15-10+,16-11+,17-14+. The van der Waals surface area contributed by atoms with Crippen LogP contribution in [-0.2, 0) is 19.1 Å². The highest BCUT2D eigenvalue weighted by Crippen LogP contribution is 2.04. The van der Waals surface area contributed by atoms with Gasteiger partial charge in [0.05, 0.1) is 13.2 Å². The van der Waals surface area contributed by atoms with Crippen molar-refractivity contribution in [3.05, 3.63) is 59.3 Å². The van der Waals surface area contributed by atoms with Gasteiger partial charge in [0.1, 0.15) is 0 Å². The van der Waals surface area contributed by atoms with E-state index < -0.39 is 0 Å². The van der Waals surface area contributed by atoms with Gasteiger partial charge in [0.2, 0.25) is 0 Å². The molecular weight excluding hydrogens is 292 g/mol. The van der Waals surface area contributed by atoms with Gasteiger partial charge >= 0.3 is 11.9 Å². The summed E-state index contributed by atoms with van der Waals surface area (Å²) in [6, 6.07) is 0. The summed E-state index contributed by atoms with van der Waals surface area (Å²) in [7, 11) is 0. The molecule has 0 aliphatic heterocycles. The highest BCUT2D eigenvalue weighted by atomic mass is 16.5. The van der Waals surface area contributed by atoms with Crippen LogP contribution in [0.4, 0.5) is 0 Å². The summed E-state index contributed by atoms with van der Waals surface area (Å²) >= 11 is 0. The summed E-state index contributed by atoms with van der Waals surface area (Å²) in [4.78, 5) is 22.6. The molecule has 0 spiro atoms. The highest BCUT2D eigenvalue weighted by molar-refractivity contribution is 5.88. The Morgan fingerprint density at radius 1 is 0.826 bits per heavy atom. The van der Waals surface area contributed by atoms with Gasteiger partial charge in [0, 0.05) is 11.6 Å². The number of hydrogen-bond donors (Lipinski definition) is 0. The van der Waals surface area contributed by atoms with E-state index >= 15 is 0 Å². The number of rotatable bonds is 8. The van der Waals surface area contributed by atoms with Crippen molar-refractivity contribution in [1.29, 1.82) is 0 Å². The second kappa shape index (κ2) is 12.2. The topological polar surface area (TPSA) is 52.6 Å². The fourth-order valence-electron chi connectivity index (χ4n) is 1.55. The molecule has 0 aromatic heterocycles. The van der Waals surface area contributed by atoms with Crippen molar-refractivity contribution in [3.63, 3.8) is 0 Å². The smallest absolute Gasteiger partial charge is 0.333 e. The van der Waals surface area contributed by atoms with Crippen LogP contribution in [0.3, 0.4) is 0 Å². The molecule has 0 heterocycles. The number of hydrogen-bond acceptors (Lipinski definition) is 4. The Balaban J connectivity index is 4.61. The summed E-state index contributed by atoms with van der Waals surface area (Å²) in [5.74, 6) is -0.649. The number of carbonyl (C=O) groups is 2. The van der Waals surface area contributed by atoms with Gasteiger partial charge < -0.3 is 9.47 Å². The Morgan fingerprint density at radius 2 is 1.39 bits per heavy atom. The normalized spacial score (nSPS) is 13.7. The summed E-state index contributed by atoms with van der Waals surface area (Å²) in [5.41, 5.74) is 2.44. The van der Waals surface area contributed by atoms with Crippen LogP contribution in [0.2, 0.25) is 0 Å². The maximum absolute atomic E-state index is 11.5. The minimum Gasteiger partial charge on any atom is -0.463 e. The van der Waals surface area contributed by atoms with Gasteiger partial charge in [-0.15, -0.1) is 0 Å². The first-order chi connectivity index (χ1) is 10.9. The van der Waals surface area contributed by atoms with E-state index in [4.69, 9.17) is 9.47 Å². The van der Waals surface area contributed by atoms with Crippen LogP contribution in [0, 0.1) is 0 Å². The molecule has 0 amide bonds. The van der Waals surface area contributed by atoms with Crippen molar-refractivity contribution in [2.24, 2.45) is 0 Å². The van der Waals surface area contributed by atoms with Crippen LogP contribution in [0.25, 0.3) is 0 Å². The van der Waals surface area contributed by atoms with Gasteiger partial charge in [-0.05, 0) is 40.7 Å². The lowest BCUT2D eigenvalue weighted by Gasteiger charge is -2.01. The molecular formula is C19H26O4. The molecule has 0 radical (unpaired) electrons. The average Bonchev–Trinajstić information content (AvgIpc) is 2.50. The lowest BCUT2D eigenvalue weighted by atomic mass is 10.1. The zero-order valence-corrected chi connectivity index (χ0v) is 14.6. The predicted octanol–water partition coefficient (Wildman–Crippen LogP) is 4.06. The van der Waals surface area contributed by atoms with Crippen LogP contribution in [0.15, 0.2) is 59.3 Å². The van der Waals surface area contributed by atoms with Gasteiger partial charge in [-0.2, -0.15) is 0 Å². The SMILES string of the molecule is CCOC(=O)/C=C/C(C)=C/C=C/C=C(C)/C=C(\C)C(=O)OCC. The van der Waals surface area contributed by atoms with Crippen molar-refractivity contribution in [3.8, 4) is 0 Å². The van der Waals surface area contributed by atoms with Gasteiger partial charge in [-0.25, -0.2) is 9.59 Å². The molecule has 0 rings (SSSR count). The van der Waals surface area contributed by atoms with Crippen LogP contribution >= 0.6 is 0 Å². The molecule has 0 aliphatic rings. The molecule has 0 bridgehead atoms. The van der Waals surface area contributed by atoms with E-state index in [2.05, 4.69) is 0 Å². The molecule has 0 saturated carbocycles. The molecule has 0 aromatic rings. The van der Waals surface area contributed by atoms with Crippen LogP contribution in [0.1, 0.15) is 34.6 Å². The van der Waals surface area contributed by atoms with E-state index in [1.807, 2.05) is 38.2 Å². The first-order valence-electron chi connectivity index (χ1n) is 7.62. The zero-order chi connectivity index (χ0) is 17.7. The molecule has 0 unspecified atom stereocenters. The molecule has 23 heavy (non-hydrogen) atoms. The Labute approximate surface area is 138 Å². The second-order valence-corrected chi connectivity index (χ2v) is 4.84. The van der Waals surface area contributed by atoms with E-state index in [0.29, 0.717) is 18.8 Å². The largest absolute Gasteiger partial charge is 0.463 e. The maximum Gasteiger partial charge on any atom is 0.333 e. The second-order valence-electron chi connectivity index (χ2n) is 4.84. The van der Waals surface area contributed by atoms with Crippen molar-refractivity contribution in [2.75, 3.05) is 13.2 Å². The molecule has 4 heteroatoms. The third-order valence-electron chi connectivity index (χ3n) is 2.64. The monoisotopic (exact) mass is 318 g/mol. The molecule has 0 N–H and O–H groups in total. The van der Waals surface area contributed by atoms with E-state index in [0.717, 1.165) is 11.1 Å². The Hall–Kier alpha value is -2.36. The molecule has 0 aromatic carbocycles. The van der Waals surface area contributed by atoms with Gasteiger partial charge in [0.25, 0.3) is 0 Å². The van der Waals surface area contributed by atoms with Gasteiger partial charge in [-0.3, -0.25) is 0 Å². The van der Waals surface area contributed by atoms with Crippen molar-refractivity contribution in [2.45, 2.75) is 34.6 Å². The van der Waals surface area contributed by atoms with Gasteiger partial charge in [-0.1, -0.05) is 41.5 Å². The first-order valence-corrected chi connectivity index (χ1v) is 7.62. The maximum atomic E-state index is 11.5. The van der Waals surface area contributed by atoms with Gasteiger partial charge in [0.15, 0.2) is 0 Å². The number of carbonyl (C=O) groups excluding carboxylic acids is 2. The quantitative estimate of drug-likeness (QED) is 0.385. The van der Waals surface area contributed by atoms with E-state index in [9.17, 15) is 9.59 Å². The Bertz CT molecular complexity index is 546. The lowest BCUT2D eigenvalue weighted by molar-refractivity contribution is -0.138. The molecule has 0 aliphatic carbocycles. The summed E-state index contributed by atoms with van der Waals surface area (Å²) in [6.07, 6.45) is 12.4. The Morgan fingerprint density at radius 3 is 1.96 bits per heavy atom. The molecule has 0 atom stereocenters. The van der Waals surface area contributed by atoms with E-state index in [1.165, 1.54) is 6.08 Å². The summed E-state index contributed by atoms with van der Waals surface area (Å²) in [6.45, 7) is 9.81. The van der Waals surface area contributed by atoms with Crippen molar-refractivity contribution < 1.29 is 19.1 Å². The lowest BCUT2D eigenvalue weighted by Crippen LogP contribution is -2.04. The summed E-state index contributed by atoms with van der Waals surface area (Å²) in [5, 5.41) is 0. The first kappa shape index (κ1) is 20.6.